The van der Waals surface area contributed by atoms with Gasteiger partial charge in [0, 0.05) is 25.7 Å². The zero-order valence-corrected chi connectivity index (χ0v) is 20.0. The van der Waals surface area contributed by atoms with Crippen LogP contribution in [0.3, 0.4) is 0 Å². The van der Waals surface area contributed by atoms with Crippen LogP contribution in [0, 0.1) is 18.8 Å². The van der Waals surface area contributed by atoms with Gasteiger partial charge in [0.05, 0.1) is 4.90 Å². The van der Waals surface area contributed by atoms with E-state index in [1.807, 2.05) is 19.1 Å². The maximum atomic E-state index is 13.1. The summed E-state index contributed by atoms with van der Waals surface area (Å²) < 4.78 is 27.8. The zero-order valence-electron chi connectivity index (χ0n) is 18.4. The molecule has 3 atom stereocenters. The number of halogens is 1. The van der Waals surface area contributed by atoms with Crippen LogP contribution < -0.4 is 0 Å². The summed E-state index contributed by atoms with van der Waals surface area (Å²) in [6.45, 7) is 4.28. The second kappa shape index (κ2) is 10.2. The fourth-order valence-corrected chi connectivity index (χ4v) is 7.08. The number of hydrogen-bond donors (Lipinski definition) is 0. The van der Waals surface area contributed by atoms with E-state index in [4.69, 9.17) is 0 Å². The largest absolute Gasteiger partial charge is 0.297 e. The van der Waals surface area contributed by atoms with Crippen molar-refractivity contribution >= 4 is 22.4 Å². The molecule has 0 spiro atoms. The van der Waals surface area contributed by atoms with E-state index in [2.05, 4.69) is 17.1 Å². The maximum Gasteiger partial charge on any atom is 0.243 e. The van der Waals surface area contributed by atoms with Crippen LogP contribution in [0.5, 0.6) is 0 Å². The Labute approximate surface area is 189 Å². The second-order valence-electron chi connectivity index (χ2n) is 9.39. The Kier molecular flexibility index (Phi) is 8.05. The van der Waals surface area contributed by atoms with E-state index in [0.717, 1.165) is 30.4 Å². The van der Waals surface area contributed by atoms with Gasteiger partial charge in [0.25, 0.3) is 0 Å². The standard InChI is InChI=1S/C24H36N2O2S.ClH/c1-19-8-6-12-24(16-19)29(27,28)25(2)22-13-14-23(17-22)26-15-7-11-21(18-26)20-9-4-3-5-10-20;/h6,8,12-14,16,20-23H,3-5,7,9-11,15,17-18H2,1-2H3;1H/t21-,22-,23+;/m1./s1. The number of piperidine rings is 1. The van der Waals surface area contributed by atoms with Gasteiger partial charge in [-0.25, -0.2) is 8.42 Å². The molecule has 2 fully saturated rings. The highest BCUT2D eigenvalue weighted by atomic mass is 35.5. The molecule has 1 saturated heterocycles. The van der Waals surface area contributed by atoms with Gasteiger partial charge in [0.1, 0.15) is 0 Å². The Bertz CT molecular complexity index is 835. The summed E-state index contributed by atoms with van der Waals surface area (Å²) in [4.78, 5) is 3.03. The number of sulfonamides is 1. The fraction of sp³-hybridized carbons (Fsp3) is 0.667. The van der Waals surface area contributed by atoms with Crippen molar-refractivity contribution in [1.29, 1.82) is 0 Å². The van der Waals surface area contributed by atoms with Gasteiger partial charge in [-0.15, -0.1) is 12.4 Å². The Morgan fingerprint density at radius 3 is 2.47 bits per heavy atom. The van der Waals surface area contributed by atoms with Crippen LogP contribution in [-0.2, 0) is 10.0 Å². The second-order valence-corrected chi connectivity index (χ2v) is 11.4. The summed E-state index contributed by atoms with van der Waals surface area (Å²) in [5, 5.41) is 0. The molecule has 1 heterocycles. The summed E-state index contributed by atoms with van der Waals surface area (Å²) in [7, 11) is -1.73. The lowest BCUT2D eigenvalue weighted by Crippen LogP contribution is -2.45. The Balaban J connectivity index is 0.00000256. The van der Waals surface area contributed by atoms with Gasteiger partial charge in [-0.2, -0.15) is 4.31 Å². The van der Waals surface area contributed by atoms with Gasteiger partial charge in [-0.3, -0.25) is 4.90 Å². The molecular weight excluding hydrogens is 416 g/mol. The molecule has 1 saturated carbocycles. The SMILES string of the molecule is Cc1cccc(S(=O)(=O)N(C)[C@@H]2C=C[C@H](N3CCC[C@@H](C4CCCCC4)C3)C2)c1.Cl. The highest BCUT2D eigenvalue weighted by molar-refractivity contribution is 7.89. The summed E-state index contributed by atoms with van der Waals surface area (Å²) in [5.41, 5.74) is 0.974. The highest BCUT2D eigenvalue weighted by Gasteiger charge is 2.36. The van der Waals surface area contributed by atoms with Crippen LogP contribution in [0.1, 0.15) is 56.9 Å². The highest BCUT2D eigenvalue weighted by Crippen LogP contribution is 2.36. The third-order valence-corrected chi connectivity index (χ3v) is 9.33. The van der Waals surface area contributed by atoms with Crippen molar-refractivity contribution < 1.29 is 8.42 Å². The molecule has 0 unspecified atom stereocenters. The van der Waals surface area contributed by atoms with Crippen LogP contribution in [0.4, 0.5) is 0 Å². The van der Waals surface area contributed by atoms with Gasteiger partial charge < -0.3 is 0 Å². The van der Waals surface area contributed by atoms with Gasteiger partial charge in [-0.05, 0) is 62.3 Å². The predicted molar refractivity (Wildman–Crippen MR) is 126 cm³/mol. The first-order chi connectivity index (χ1) is 13.9. The molecule has 1 aromatic carbocycles. The lowest BCUT2D eigenvalue weighted by molar-refractivity contribution is 0.0923. The van der Waals surface area contributed by atoms with Crippen molar-refractivity contribution in [3.05, 3.63) is 42.0 Å². The summed E-state index contributed by atoms with van der Waals surface area (Å²) in [5.74, 6) is 1.75. The normalized spacial score (nSPS) is 28.6. The number of rotatable bonds is 5. The Morgan fingerprint density at radius 1 is 1.00 bits per heavy atom. The lowest BCUT2D eigenvalue weighted by Gasteiger charge is -2.41. The van der Waals surface area contributed by atoms with E-state index in [1.54, 1.807) is 23.5 Å². The first kappa shape index (κ1) is 23.8. The summed E-state index contributed by atoms with van der Waals surface area (Å²) in [6, 6.07) is 7.55. The fourth-order valence-electron chi connectivity index (χ4n) is 5.65. The first-order valence-electron chi connectivity index (χ1n) is 11.4. The molecule has 3 aliphatic rings. The number of likely N-dealkylation sites (tertiary alicyclic amines) is 1. The minimum absolute atomic E-state index is 0. The number of hydrogen-bond acceptors (Lipinski definition) is 3. The van der Waals surface area contributed by atoms with Crippen LogP contribution in [-0.4, -0.2) is 49.8 Å². The van der Waals surface area contributed by atoms with Crippen LogP contribution in [0.2, 0.25) is 0 Å². The number of nitrogens with zero attached hydrogens (tertiary/aromatic N) is 2. The summed E-state index contributed by atoms with van der Waals surface area (Å²) >= 11 is 0. The van der Waals surface area contributed by atoms with Gasteiger partial charge in [0.2, 0.25) is 10.0 Å². The minimum atomic E-state index is -3.46. The maximum absolute atomic E-state index is 13.1. The van der Waals surface area contributed by atoms with E-state index >= 15 is 0 Å². The van der Waals surface area contributed by atoms with E-state index in [-0.39, 0.29) is 18.4 Å². The topological polar surface area (TPSA) is 40.6 Å². The molecule has 0 radical (unpaired) electrons. The summed E-state index contributed by atoms with van der Waals surface area (Å²) in [6.07, 6.45) is 15.0. The zero-order chi connectivity index (χ0) is 20.4. The molecule has 0 N–H and O–H groups in total. The minimum Gasteiger partial charge on any atom is -0.297 e. The van der Waals surface area contributed by atoms with Crippen molar-refractivity contribution in [2.24, 2.45) is 11.8 Å². The Morgan fingerprint density at radius 2 is 1.73 bits per heavy atom. The Hall–Kier alpha value is -0.880. The molecule has 4 rings (SSSR count). The predicted octanol–water partition coefficient (Wildman–Crippen LogP) is 5.03. The van der Waals surface area contributed by atoms with Gasteiger partial charge in [-0.1, -0.05) is 56.4 Å². The number of likely N-dealkylation sites (N-methyl/N-ethyl adjacent to an activating group) is 1. The van der Waals surface area contributed by atoms with E-state index in [0.29, 0.717) is 10.9 Å². The molecule has 0 amide bonds. The molecule has 2 aliphatic carbocycles. The van der Waals surface area contributed by atoms with Crippen molar-refractivity contribution in [3.63, 3.8) is 0 Å². The smallest absolute Gasteiger partial charge is 0.243 e. The third kappa shape index (κ3) is 5.12. The molecule has 168 valence electrons. The average Bonchev–Trinajstić information content (AvgIpc) is 3.24. The molecule has 4 nitrogen and oxygen atoms in total. The van der Waals surface area contributed by atoms with Crippen LogP contribution in [0.15, 0.2) is 41.3 Å². The van der Waals surface area contributed by atoms with E-state index in [9.17, 15) is 8.42 Å². The van der Waals surface area contributed by atoms with Gasteiger partial charge >= 0.3 is 0 Å². The van der Waals surface area contributed by atoms with Gasteiger partial charge in [0.15, 0.2) is 0 Å². The monoisotopic (exact) mass is 452 g/mol. The molecule has 30 heavy (non-hydrogen) atoms. The van der Waals surface area contributed by atoms with Crippen LogP contribution in [0.25, 0.3) is 0 Å². The van der Waals surface area contributed by atoms with Crippen LogP contribution >= 0.6 is 12.4 Å². The third-order valence-electron chi connectivity index (χ3n) is 7.45. The average molecular weight is 453 g/mol. The quantitative estimate of drug-likeness (QED) is 0.588. The molecule has 0 bridgehead atoms. The van der Waals surface area contributed by atoms with Crippen molar-refractivity contribution in [1.82, 2.24) is 9.21 Å². The molecule has 1 aliphatic heterocycles. The van der Waals surface area contributed by atoms with Crippen molar-refractivity contribution in [2.45, 2.75) is 75.3 Å². The molecule has 6 heteroatoms. The van der Waals surface area contributed by atoms with Crippen molar-refractivity contribution in [2.75, 3.05) is 20.1 Å². The molecule has 0 aromatic heterocycles. The molecular formula is C24H37ClN2O2S. The van der Waals surface area contributed by atoms with Crippen molar-refractivity contribution in [3.8, 4) is 0 Å². The number of aryl methyl sites for hydroxylation is 1. The van der Waals surface area contributed by atoms with E-state index in [1.165, 1.54) is 51.5 Å². The number of benzene rings is 1. The van der Waals surface area contributed by atoms with E-state index < -0.39 is 10.0 Å². The molecule has 1 aromatic rings. The lowest BCUT2D eigenvalue weighted by atomic mass is 9.76. The first-order valence-corrected chi connectivity index (χ1v) is 12.9.